The van der Waals surface area contributed by atoms with Gasteiger partial charge < -0.3 is 39.9 Å². The normalized spacial score (nSPS) is 13.5. The first-order chi connectivity index (χ1) is 41.3. The number of hydrogen-bond donors (Lipinski definition) is 2. The molecule has 0 saturated carbocycles. The van der Waals surface area contributed by atoms with Gasteiger partial charge in [-0.1, -0.05) is 70.1 Å². The average Bonchev–Trinajstić information content (AvgIpc) is 1.40. The van der Waals surface area contributed by atoms with E-state index >= 15 is 0 Å². The molecule has 0 aliphatic rings. The fraction of sp³-hybridized carbons (Fsp3) is 0.478. The van der Waals surface area contributed by atoms with Gasteiger partial charge >= 0.3 is 17.9 Å². The van der Waals surface area contributed by atoms with E-state index < -0.39 is 51.4 Å². The van der Waals surface area contributed by atoms with Crippen LogP contribution in [-0.2, 0) is 42.8 Å². The first kappa shape index (κ1) is 74.2. The van der Waals surface area contributed by atoms with E-state index in [0.29, 0.717) is 20.3 Å². The minimum Gasteiger partial charge on any atom is -0.462 e. The number of nitrogens with two attached hydrogens (primary N) is 2. The number of benzene rings is 5. The molecular formula is C69H87Br2Cl2N5O9S3. The van der Waals surface area contributed by atoms with E-state index in [1.807, 2.05) is 206 Å². The van der Waals surface area contributed by atoms with Crippen LogP contribution in [0.3, 0.4) is 0 Å². The van der Waals surface area contributed by atoms with Gasteiger partial charge in [0.15, 0.2) is 14.2 Å². The lowest BCUT2D eigenvalue weighted by Gasteiger charge is -2.31. The molecule has 8 aromatic rings. The number of hydrogen-bond acceptors (Lipinski definition) is 17. The second-order valence-electron chi connectivity index (χ2n) is 28.2. The SMILES string of the molecule is Cc1cc2nc(Br)sc2c(-c2ccc(Cl)cc2)c1[C@@H](COC(=O)C(C)(C)C)OC(C)(C)C.Cc1cc2nc(N)sc2c(-c2ccc(Cl)cc2)c1[C@@H](COC(=O)C(C)(C)C)OC(C)(C)C.Cc1cc2nc(N)sc2c(Br)c1[C@@H](COC(=O)C(C)(C)C)OC(C)(C)C. The summed E-state index contributed by atoms with van der Waals surface area (Å²) in [5.41, 5.74) is 21.4. The van der Waals surface area contributed by atoms with Crippen molar-refractivity contribution in [2.75, 3.05) is 31.3 Å². The van der Waals surface area contributed by atoms with E-state index in [1.165, 1.54) is 22.7 Å². The highest BCUT2D eigenvalue weighted by molar-refractivity contribution is 9.11. The Balaban J connectivity index is 0.000000216. The molecule has 3 heterocycles. The number of esters is 3. The molecule has 3 aromatic heterocycles. The van der Waals surface area contributed by atoms with Crippen LogP contribution in [-0.4, -0.2) is 69.5 Å². The average molecular weight is 1460 g/mol. The van der Waals surface area contributed by atoms with Gasteiger partial charge in [0.2, 0.25) is 0 Å². The number of nitrogen functional groups attached to an aromatic ring is 2. The monoisotopic (exact) mass is 1450 g/mol. The number of fused-ring (bicyclic) bond motifs is 3. The number of carbonyl (C=O) groups is 3. The highest BCUT2D eigenvalue weighted by atomic mass is 79.9. The number of carbonyl (C=O) groups excluding carboxylic acids is 3. The largest absolute Gasteiger partial charge is 0.462 e. The second kappa shape index (κ2) is 29.2. The topological polar surface area (TPSA) is 197 Å². The number of rotatable bonds is 14. The van der Waals surface area contributed by atoms with Crippen LogP contribution in [0, 0.1) is 37.0 Å². The van der Waals surface area contributed by atoms with Crippen LogP contribution in [0.25, 0.3) is 52.9 Å². The van der Waals surface area contributed by atoms with E-state index in [0.717, 1.165) is 94.7 Å². The highest BCUT2D eigenvalue weighted by Gasteiger charge is 2.34. The number of anilines is 2. The van der Waals surface area contributed by atoms with Crippen molar-refractivity contribution in [1.29, 1.82) is 0 Å². The molecular weight excluding hydrogens is 1370 g/mol. The van der Waals surface area contributed by atoms with E-state index in [1.54, 1.807) is 11.3 Å². The van der Waals surface area contributed by atoms with Gasteiger partial charge in [-0.3, -0.25) is 14.4 Å². The van der Waals surface area contributed by atoms with Crippen LogP contribution in [0.1, 0.15) is 176 Å². The number of thiazole rings is 3. The van der Waals surface area contributed by atoms with E-state index in [2.05, 4.69) is 52.9 Å². The molecule has 3 atom stereocenters. The summed E-state index contributed by atoms with van der Waals surface area (Å²) in [4.78, 5) is 50.8. The van der Waals surface area contributed by atoms with Crippen LogP contribution in [0.4, 0.5) is 10.3 Å². The van der Waals surface area contributed by atoms with Crippen molar-refractivity contribution in [3.8, 4) is 22.3 Å². The third kappa shape index (κ3) is 20.1. The Kier molecular flexibility index (Phi) is 24.1. The summed E-state index contributed by atoms with van der Waals surface area (Å²) in [6.07, 6.45) is -1.32. The zero-order chi connectivity index (χ0) is 67.6. The summed E-state index contributed by atoms with van der Waals surface area (Å²) < 4.78 is 40.9. The lowest BCUT2D eigenvalue weighted by molar-refractivity contribution is -0.162. The van der Waals surface area contributed by atoms with E-state index in [-0.39, 0.29) is 37.7 Å². The highest BCUT2D eigenvalue weighted by Crippen LogP contribution is 2.47. The van der Waals surface area contributed by atoms with Crippen LogP contribution >= 0.6 is 89.1 Å². The van der Waals surface area contributed by atoms with E-state index in [9.17, 15) is 14.4 Å². The van der Waals surface area contributed by atoms with Crippen LogP contribution in [0.5, 0.6) is 0 Å². The van der Waals surface area contributed by atoms with Crippen molar-refractivity contribution in [3.05, 3.63) is 119 Å². The van der Waals surface area contributed by atoms with Gasteiger partial charge in [-0.15, -0.1) is 11.3 Å². The molecule has 0 aliphatic carbocycles. The fourth-order valence-corrected chi connectivity index (χ4v) is 14.0. The van der Waals surface area contributed by atoms with Crippen molar-refractivity contribution in [1.82, 2.24) is 15.0 Å². The lowest BCUT2D eigenvalue weighted by Crippen LogP contribution is -2.30. The summed E-state index contributed by atoms with van der Waals surface area (Å²) in [5, 5.41) is 2.35. The molecule has 0 amide bonds. The minimum absolute atomic E-state index is 0.106. The van der Waals surface area contributed by atoms with Crippen molar-refractivity contribution in [3.63, 3.8) is 0 Å². The maximum atomic E-state index is 12.6. The number of halogens is 4. The minimum atomic E-state index is -0.601. The zero-order valence-corrected chi connectivity index (χ0v) is 62.7. The standard InChI is InChI=1S/C25H29BrClNO3S.C25H31ClN2O3S.C19H27BrN2O3S/c1-14-12-17-21(32-23(26)28-17)20(15-8-10-16(27)11-9-15)19(14)18(31-25(5,6)7)13-30-22(29)24(2,3)4;1-14-12-17-21(32-23(27)28-17)20(15-8-10-16(26)11-9-15)19(14)18(31-25(5,6)7)13-30-22(29)24(2,3)4;1-10-8-11-15(26-17(21)22-11)14(20)13(10)12(25-19(5,6)7)9-24-16(23)18(2,3)4/h8-12,18H,13H2,1-7H3;8-12,18H,13H2,1-7H3,(H2,27,28);8,12H,9H2,1-7H3,(H2,21,22)/t2*18-;12-/m111/s1. The molecule has 14 nitrogen and oxygen atoms in total. The maximum Gasteiger partial charge on any atom is 0.311 e. The van der Waals surface area contributed by atoms with Gasteiger partial charge in [0.1, 0.15) is 38.1 Å². The molecule has 0 radical (unpaired) electrons. The molecule has 90 heavy (non-hydrogen) atoms. The Labute approximate surface area is 570 Å². The molecule has 5 aromatic carbocycles. The summed E-state index contributed by atoms with van der Waals surface area (Å²) in [5.74, 6) is -0.780. The number of aryl methyl sites for hydroxylation is 3. The molecule has 0 aliphatic heterocycles. The predicted octanol–water partition coefficient (Wildman–Crippen LogP) is 20.5. The van der Waals surface area contributed by atoms with Crippen molar-refractivity contribution < 1.29 is 42.8 Å². The molecule has 0 spiro atoms. The summed E-state index contributed by atoms with van der Waals surface area (Å²) in [7, 11) is 0. The Morgan fingerprint density at radius 3 is 1.08 bits per heavy atom. The Morgan fingerprint density at radius 1 is 0.456 bits per heavy atom. The molecule has 0 unspecified atom stereocenters. The zero-order valence-electron chi connectivity index (χ0n) is 55.6. The molecule has 0 bridgehead atoms. The molecule has 488 valence electrons. The molecule has 21 heteroatoms. The molecule has 0 saturated heterocycles. The first-order valence-corrected chi connectivity index (χ1v) is 34.3. The Bertz CT molecular complexity index is 3680. The van der Waals surface area contributed by atoms with Crippen molar-refractivity contribution in [2.24, 2.45) is 16.2 Å². The summed E-state index contributed by atoms with van der Waals surface area (Å²) in [6, 6.07) is 21.5. The number of aromatic nitrogens is 3. The van der Waals surface area contributed by atoms with Gasteiger partial charge in [0, 0.05) is 31.2 Å². The van der Waals surface area contributed by atoms with Crippen LogP contribution in [0.2, 0.25) is 10.0 Å². The van der Waals surface area contributed by atoms with Gasteiger partial charge in [-0.05, 0) is 259 Å². The predicted molar refractivity (Wildman–Crippen MR) is 380 cm³/mol. The smallest absolute Gasteiger partial charge is 0.311 e. The molecule has 4 N–H and O–H groups in total. The van der Waals surface area contributed by atoms with Gasteiger partial charge in [-0.25, -0.2) is 15.0 Å². The third-order valence-corrected chi connectivity index (χ3v) is 18.3. The van der Waals surface area contributed by atoms with Crippen LogP contribution < -0.4 is 11.5 Å². The maximum absolute atomic E-state index is 12.6. The summed E-state index contributed by atoms with van der Waals surface area (Å²) in [6.45, 7) is 41.0. The Hall–Kier alpha value is -4.80. The Morgan fingerprint density at radius 2 is 0.744 bits per heavy atom. The quantitative estimate of drug-likeness (QED) is 0.0770. The van der Waals surface area contributed by atoms with Crippen molar-refractivity contribution >= 4 is 148 Å². The number of nitrogens with zero attached hydrogens (tertiary/aromatic N) is 3. The molecule has 8 rings (SSSR count). The van der Waals surface area contributed by atoms with Gasteiger partial charge in [0.25, 0.3) is 0 Å². The molecule has 0 fully saturated rings. The number of ether oxygens (including phenoxy) is 6. The second-order valence-corrected chi connectivity index (χ2v) is 34.2. The third-order valence-electron chi connectivity index (χ3n) is 13.4. The van der Waals surface area contributed by atoms with Gasteiger partial charge in [0.05, 0.1) is 63.7 Å². The summed E-state index contributed by atoms with van der Waals surface area (Å²) >= 11 is 24.0. The fourth-order valence-electron chi connectivity index (χ4n) is 9.54. The lowest BCUT2D eigenvalue weighted by atomic mass is 9.91. The first-order valence-electron chi connectivity index (χ1n) is 29.5. The van der Waals surface area contributed by atoms with Gasteiger partial charge in [-0.2, -0.15) is 0 Å². The van der Waals surface area contributed by atoms with Crippen molar-refractivity contribution in [2.45, 2.75) is 181 Å². The van der Waals surface area contributed by atoms with E-state index in [4.69, 9.17) is 63.1 Å². The van der Waals surface area contributed by atoms with Crippen LogP contribution in [0.15, 0.2) is 75.1 Å².